The number of halogens is 3. The summed E-state index contributed by atoms with van der Waals surface area (Å²) in [7, 11) is 2.84. The third-order valence-corrected chi connectivity index (χ3v) is 6.36. The summed E-state index contributed by atoms with van der Waals surface area (Å²) in [6, 6.07) is 6.49. The molecule has 3 aromatic heterocycles. The van der Waals surface area contributed by atoms with Crippen LogP contribution in [0.2, 0.25) is 0 Å². The van der Waals surface area contributed by atoms with E-state index in [1.165, 1.54) is 49.6 Å². The number of pyridine rings is 1. The number of anilines is 1. The number of fused-ring (bicyclic) bond motifs is 1. The van der Waals surface area contributed by atoms with E-state index in [1.807, 2.05) is 0 Å². The molecule has 1 saturated heterocycles. The molecule has 210 valence electrons. The zero-order valence-corrected chi connectivity index (χ0v) is 21.1. The largest absolute Gasteiger partial charge is 0.495 e. The Morgan fingerprint density at radius 2 is 1.98 bits per heavy atom. The quantitative estimate of drug-likeness (QED) is 0.264. The number of alkyl halides is 3. The molecule has 0 saturated carbocycles. The molecule has 1 aromatic carbocycles. The molecule has 4 N–H and O–H groups in total. The smallest absolute Gasteiger partial charge is 0.416 e. The summed E-state index contributed by atoms with van der Waals surface area (Å²) in [6.07, 6.45) is -5.81. The van der Waals surface area contributed by atoms with Crippen LogP contribution in [0.4, 0.5) is 19.0 Å². The predicted molar refractivity (Wildman–Crippen MR) is 134 cm³/mol. The van der Waals surface area contributed by atoms with E-state index in [1.54, 1.807) is 6.07 Å². The van der Waals surface area contributed by atoms with Crippen molar-refractivity contribution in [2.24, 2.45) is 0 Å². The zero-order valence-electron chi connectivity index (χ0n) is 21.1. The first-order chi connectivity index (χ1) is 19.1. The molecule has 0 aliphatic carbocycles. The van der Waals surface area contributed by atoms with Gasteiger partial charge in [0.25, 0.3) is 5.91 Å². The highest BCUT2D eigenvalue weighted by molar-refractivity contribution is 5.85. The van der Waals surface area contributed by atoms with Crippen LogP contribution >= 0.6 is 0 Å². The minimum absolute atomic E-state index is 0.0291. The number of likely N-dealkylation sites (N-methyl/N-ethyl adjacent to an activating group) is 1. The summed E-state index contributed by atoms with van der Waals surface area (Å²) in [4.78, 5) is 29.7. The number of carbonyl (C=O) groups excluding carboxylic acids is 1. The number of hydrogen-bond donors (Lipinski definition) is 4. The number of aromatic nitrogens is 5. The van der Waals surface area contributed by atoms with E-state index in [0.717, 1.165) is 12.1 Å². The van der Waals surface area contributed by atoms with Gasteiger partial charge in [0, 0.05) is 25.4 Å². The van der Waals surface area contributed by atoms with Gasteiger partial charge in [0.2, 0.25) is 0 Å². The number of aliphatic hydroxyl groups excluding tert-OH is 2. The van der Waals surface area contributed by atoms with Gasteiger partial charge in [0.05, 0.1) is 25.2 Å². The summed E-state index contributed by atoms with van der Waals surface area (Å²) in [6.45, 7) is -0.0291. The molecule has 4 aromatic rings. The summed E-state index contributed by atoms with van der Waals surface area (Å²) < 4.78 is 51.9. The maximum Gasteiger partial charge on any atom is 0.416 e. The van der Waals surface area contributed by atoms with Gasteiger partial charge in [-0.25, -0.2) is 15.0 Å². The minimum Gasteiger partial charge on any atom is -0.495 e. The first-order valence-electron chi connectivity index (χ1n) is 12.0. The predicted octanol–water partition coefficient (Wildman–Crippen LogP) is 1.89. The molecule has 4 atom stereocenters. The van der Waals surface area contributed by atoms with Crippen molar-refractivity contribution in [3.63, 3.8) is 0 Å². The molecule has 12 nitrogen and oxygen atoms in total. The lowest BCUT2D eigenvalue weighted by Crippen LogP contribution is -2.41. The highest BCUT2D eigenvalue weighted by Gasteiger charge is 2.47. The molecular formula is C25H24F3N7O5. The maximum absolute atomic E-state index is 13.2. The van der Waals surface area contributed by atoms with Crippen LogP contribution in [0.1, 0.15) is 17.4 Å². The Kier molecular flexibility index (Phi) is 7.27. The van der Waals surface area contributed by atoms with Gasteiger partial charge in [-0.2, -0.15) is 13.2 Å². The number of methoxy groups -OCH3 is 1. The van der Waals surface area contributed by atoms with Gasteiger partial charge in [-0.1, -0.05) is 12.1 Å². The average molecular weight is 560 g/mol. The van der Waals surface area contributed by atoms with E-state index in [9.17, 15) is 28.2 Å². The first kappa shape index (κ1) is 27.2. The molecule has 15 heteroatoms. The van der Waals surface area contributed by atoms with Crippen molar-refractivity contribution in [1.82, 2.24) is 29.8 Å². The molecule has 40 heavy (non-hydrogen) atoms. The topological polar surface area (TPSA) is 157 Å². The number of hydrogen-bond acceptors (Lipinski definition) is 10. The van der Waals surface area contributed by atoms with E-state index in [2.05, 4.69) is 30.6 Å². The Hall–Kier alpha value is -4.34. The first-order valence-corrected chi connectivity index (χ1v) is 12.0. The summed E-state index contributed by atoms with van der Waals surface area (Å²) >= 11 is 0. The van der Waals surface area contributed by atoms with Gasteiger partial charge < -0.3 is 30.3 Å². The second-order valence-corrected chi connectivity index (χ2v) is 8.93. The van der Waals surface area contributed by atoms with Crippen molar-refractivity contribution in [2.75, 3.05) is 19.5 Å². The normalized spacial score (nSPS) is 21.0. The van der Waals surface area contributed by atoms with E-state index in [4.69, 9.17) is 9.47 Å². The molecule has 3 unspecified atom stereocenters. The van der Waals surface area contributed by atoms with Crippen LogP contribution in [0.5, 0.6) is 5.75 Å². The number of amides is 1. The average Bonchev–Trinajstić information content (AvgIpc) is 3.51. The summed E-state index contributed by atoms with van der Waals surface area (Å²) in [5, 5.41) is 26.5. The monoisotopic (exact) mass is 559 g/mol. The molecule has 5 rings (SSSR count). The Labute approximate surface area is 224 Å². The van der Waals surface area contributed by atoms with E-state index in [-0.39, 0.29) is 29.4 Å². The van der Waals surface area contributed by atoms with Crippen LogP contribution in [0, 0.1) is 0 Å². The fourth-order valence-electron chi connectivity index (χ4n) is 4.30. The van der Waals surface area contributed by atoms with Crippen molar-refractivity contribution < 1.29 is 37.7 Å². The Morgan fingerprint density at radius 1 is 1.18 bits per heavy atom. The van der Waals surface area contributed by atoms with Crippen LogP contribution < -0.4 is 15.4 Å². The maximum atomic E-state index is 13.2. The Morgan fingerprint density at radius 3 is 2.70 bits per heavy atom. The third kappa shape index (κ3) is 5.13. The van der Waals surface area contributed by atoms with Crippen LogP contribution in [0.3, 0.4) is 0 Å². The van der Waals surface area contributed by atoms with Crippen LogP contribution in [-0.4, -0.2) is 73.1 Å². The fourth-order valence-corrected chi connectivity index (χ4v) is 4.30. The zero-order chi connectivity index (χ0) is 28.6. The number of nitrogens with one attached hydrogen (secondary N) is 2. The van der Waals surface area contributed by atoms with E-state index in [0.29, 0.717) is 16.9 Å². The molecule has 0 spiro atoms. The van der Waals surface area contributed by atoms with Crippen LogP contribution in [-0.2, 0) is 22.3 Å². The number of carbonyl (C=O) groups is 1. The van der Waals surface area contributed by atoms with Gasteiger partial charge in [0.15, 0.2) is 35.1 Å². The van der Waals surface area contributed by atoms with Gasteiger partial charge >= 0.3 is 6.18 Å². The lowest BCUT2D eigenvalue weighted by molar-refractivity contribution is -0.138. The highest BCUT2D eigenvalue weighted by Crippen LogP contribution is 2.34. The molecule has 1 fully saturated rings. The summed E-state index contributed by atoms with van der Waals surface area (Å²) in [5.74, 6) is 0.136. The SMILES string of the molecule is CNC(=O)[C@@H]1OC(n2cnc3c(NCc4cccc(C(F)(F)F)c4)nc(-c4cncc(OC)c4)nc32)C(O)C1O. The van der Waals surface area contributed by atoms with Gasteiger partial charge in [0.1, 0.15) is 18.0 Å². The molecular weight excluding hydrogens is 535 g/mol. The molecule has 1 aliphatic rings. The van der Waals surface area contributed by atoms with Crippen LogP contribution in [0.15, 0.2) is 49.1 Å². The van der Waals surface area contributed by atoms with E-state index >= 15 is 0 Å². The second-order valence-electron chi connectivity index (χ2n) is 8.93. The van der Waals surface area contributed by atoms with Gasteiger partial charge in [-0.15, -0.1) is 0 Å². The lowest BCUT2D eigenvalue weighted by atomic mass is 10.1. The molecule has 4 heterocycles. The highest BCUT2D eigenvalue weighted by atomic mass is 19.4. The Balaban J connectivity index is 1.57. The number of imidazole rings is 1. The van der Waals surface area contributed by atoms with Crippen LogP contribution in [0.25, 0.3) is 22.6 Å². The Bertz CT molecular complexity index is 1550. The number of benzene rings is 1. The number of rotatable bonds is 7. The summed E-state index contributed by atoms with van der Waals surface area (Å²) in [5.41, 5.74) is 0.376. The number of aliphatic hydroxyl groups is 2. The molecule has 0 bridgehead atoms. The van der Waals surface area contributed by atoms with Crippen molar-refractivity contribution in [3.8, 4) is 17.1 Å². The van der Waals surface area contributed by atoms with E-state index < -0.39 is 42.2 Å². The van der Waals surface area contributed by atoms with Crippen molar-refractivity contribution in [1.29, 1.82) is 0 Å². The van der Waals surface area contributed by atoms with Gasteiger partial charge in [-0.05, 0) is 23.8 Å². The third-order valence-electron chi connectivity index (χ3n) is 6.36. The number of ether oxygens (including phenoxy) is 2. The van der Waals surface area contributed by atoms with Crippen molar-refractivity contribution in [2.45, 2.75) is 37.3 Å². The second kappa shape index (κ2) is 10.7. The molecule has 0 radical (unpaired) electrons. The standard InChI is InChI=1S/C25H24F3N7O5/c1-29-23(38)19-17(36)18(37)24(40-19)35-11-32-16-21(31-8-12-4-3-5-14(6-12)25(26,27)28)33-20(34-22(16)35)13-7-15(39-2)10-30-9-13/h3-7,9-11,17-19,24,36-37H,8H2,1-2H3,(H,29,38)(H,31,33,34)/t17?,18?,19-,24?/m1/s1. The number of nitrogens with zero attached hydrogens (tertiary/aromatic N) is 5. The fraction of sp³-hybridized carbons (Fsp3) is 0.320. The molecule has 1 amide bonds. The minimum atomic E-state index is -4.50. The van der Waals surface area contributed by atoms with Gasteiger partial charge in [-0.3, -0.25) is 14.3 Å². The molecule has 1 aliphatic heterocycles. The van der Waals surface area contributed by atoms with Crippen molar-refractivity contribution in [3.05, 3.63) is 60.2 Å². The lowest BCUT2D eigenvalue weighted by Gasteiger charge is -2.17. The van der Waals surface area contributed by atoms with Crippen molar-refractivity contribution >= 4 is 22.9 Å².